The second-order valence-corrected chi connectivity index (χ2v) is 6.06. The molecule has 0 aliphatic heterocycles. The van der Waals surface area contributed by atoms with E-state index in [9.17, 15) is 9.59 Å². The number of hydrogen-bond acceptors (Lipinski definition) is 6. The number of esters is 1. The van der Waals surface area contributed by atoms with Crippen molar-refractivity contribution in [3.8, 4) is 5.75 Å². The minimum absolute atomic E-state index is 0.143. The fourth-order valence-corrected chi connectivity index (χ4v) is 2.44. The Kier molecular flexibility index (Phi) is 6.74. The zero-order chi connectivity index (χ0) is 17.4. The van der Waals surface area contributed by atoms with Crippen LogP contribution in [0.3, 0.4) is 0 Å². The Balaban J connectivity index is 1.81. The zero-order valence-corrected chi connectivity index (χ0v) is 14.5. The molecule has 0 aliphatic carbocycles. The highest BCUT2D eigenvalue weighted by Crippen LogP contribution is 2.15. The minimum atomic E-state index is -0.328. The molecule has 0 spiro atoms. The van der Waals surface area contributed by atoms with E-state index in [0.717, 1.165) is 5.69 Å². The van der Waals surface area contributed by atoms with Gasteiger partial charge in [-0.2, -0.15) is 0 Å². The molecular formula is C17H20N2O4S. The lowest BCUT2D eigenvalue weighted by Gasteiger charge is -2.09. The molecule has 2 aromatic rings. The third kappa shape index (κ3) is 6.00. The number of amides is 1. The molecule has 0 unspecified atom stereocenters. The lowest BCUT2D eigenvalue weighted by molar-refractivity contribution is -0.147. The molecule has 0 aliphatic rings. The molecule has 2 rings (SSSR count). The Morgan fingerprint density at radius 3 is 2.88 bits per heavy atom. The van der Waals surface area contributed by atoms with E-state index < -0.39 is 0 Å². The summed E-state index contributed by atoms with van der Waals surface area (Å²) in [7, 11) is 0. The molecule has 1 amide bonds. The van der Waals surface area contributed by atoms with Crippen LogP contribution in [0.5, 0.6) is 5.75 Å². The number of nitrogens with zero attached hydrogens (tertiary/aromatic N) is 1. The van der Waals surface area contributed by atoms with E-state index in [-0.39, 0.29) is 30.9 Å². The number of thiazole rings is 1. The fourth-order valence-electron chi connectivity index (χ4n) is 1.90. The fraction of sp³-hybridized carbons (Fsp3) is 0.353. The molecule has 0 saturated heterocycles. The van der Waals surface area contributed by atoms with E-state index in [2.05, 4.69) is 10.3 Å². The van der Waals surface area contributed by atoms with Crippen molar-refractivity contribution >= 4 is 23.2 Å². The van der Waals surface area contributed by atoms with Crippen LogP contribution in [0, 0.1) is 0 Å². The highest BCUT2D eigenvalue weighted by atomic mass is 32.1. The third-order valence-corrected chi connectivity index (χ3v) is 3.58. The SMILES string of the molecule is CC(C)OC(=O)CCNC(=O)c1cccc(OCc2cscn2)c1. The summed E-state index contributed by atoms with van der Waals surface area (Å²) in [5.74, 6) is 0.00645. The second-order valence-electron chi connectivity index (χ2n) is 5.34. The van der Waals surface area contributed by atoms with Crippen LogP contribution in [0.4, 0.5) is 0 Å². The third-order valence-electron chi connectivity index (χ3n) is 2.95. The first-order valence-electron chi connectivity index (χ1n) is 7.62. The highest BCUT2D eigenvalue weighted by molar-refractivity contribution is 7.07. The summed E-state index contributed by atoms with van der Waals surface area (Å²) < 4.78 is 10.6. The van der Waals surface area contributed by atoms with Gasteiger partial charge in [0.15, 0.2) is 0 Å². The number of aromatic nitrogens is 1. The summed E-state index contributed by atoms with van der Waals surface area (Å²) >= 11 is 1.50. The van der Waals surface area contributed by atoms with Crippen LogP contribution in [0.2, 0.25) is 0 Å². The van der Waals surface area contributed by atoms with Gasteiger partial charge in [-0.25, -0.2) is 4.98 Å². The van der Waals surface area contributed by atoms with Gasteiger partial charge < -0.3 is 14.8 Å². The van der Waals surface area contributed by atoms with Crippen molar-refractivity contribution in [2.45, 2.75) is 33.0 Å². The highest BCUT2D eigenvalue weighted by Gasteiger charge is 2.09. The van der Waals surface area contributed by atoms with Crippen molar-refractivity contribution < 1.29 is 19.1 Å². The van der Waals surface area contributed by atoms with Gasteiger partial charge in [0.2, 0.25) is 0 Å². The average molecular weight is 348 g/mol. The molecule has 7 heteroatoms. The van der Waals surface area contributed by atoms with Crippen LogP contribution < -0.4 is 10.1 Å². The first-order chi connectivity index (χ1) is 11.5. The molecular weight excluding hydrogens is 328 g/mol. The van der Waals surface area contributed by atoms with Gasteiger partial charge in [0.05, 0.1) is 23.7 Å². The van der Waals surface area contributed by atoms with Crippen molar-refractivity contribution in [1.29, 1.82) is 0 Å². The monoisotopic (exact) mass is 348 g/mol. The van der Waals surface area contributed by atoms with Crippen LogP contribution >= 0.6 is 11.3 Å². The summed E-state index contributed by atoms with van der Waals surface area (Å²) in [4.78, 5) is 27.7. The second kappa shape index (κ2) is 9.02. The van der Waals surface area contributed by atoms with E-state index in [1.807, 2.05) is 5.38 Å². The van der Waals surface area contributed by atoms with Crippen LogP contribution in [-0.4, -0.2) is 29.5 Å². The van der Waals surface area contributed by atoms with Crippen LogP contribution in [-0.2, 0) is 16.1 Å². The number of nitrogens with one attached hydrogen (secondary N) is 1. The number of carbonyl (C=O) groups is 2. The van der Waals surface area contributed by atoms with Crippen molar-refractivity contribution in [1.82, 2.24) is 10.3 Å². The summed E-state index contributed by atoms with van der Waals surface area (Å²) in [6.07, 6.45) is -0.0102. The minimum Gasteiger partial charge on any atom is -0.487 e. The molecule has 0 bridgehead atoms. The molecule has 6 nitrogen and oxygen atoms in total. The van der Waals surface area contributed by atoms with Crippen molar-refractivity contribution in [2.24, 2.45) is 0 Å². The predicted molar refractivity (Wildman–Crippen MR) is 91.1 cm³/mol. The summed E-state index contributed by atoms with van der Waals surface area (Å²) in [5, 5.41) is 4.60. The number of carbonyl (C=O) groups excluding carboxylic acids is 2. The first kappa shape index (κ1) is 17.9. The summed E-state index contributed by atoms with van der Waals surface area (Å²) in [6.45, 7) is 4.16. The maximum atomic E-state index is 12.1. The van der Waals surface area contributed by atoms with E-state index in [1.165, 1.54) is 11.3 Å². The first-order valence-corrected chi connectivity index (χ1v) is 8.56. The Morgan fingerprint density at radius 2 is 2.17 bits per heavy atom. The number of rotatable bonds is 8. The van der Waals surface area contributed by atoms with E-state index in [0.29, 0.717) is 17.9 Å². The van der Waals surface area contributed by atoms with Crippen molar-refractivity contribution in [3.63, 3.8) is 0 Å². The molecule has 0 radical (unpaired) electrons. The molecule has 1 N–H and O–H groups in total. The van der Waals surface area contributed by atoms with Gasteiger partial charge in [0, 0.05) is 17.5 Å². The maximum Gasteiger partial charge on any atom is 0.307 e. The van der Waals surface area contributed by atoms with E-state index >= 15 is 0 Å². The van der Waals surface area contributed by atoms with E-state index in [1.54, 1.807) is 43.6 Å². The standard InChI is InChI=1S/C17H20N2O4S/c1-12(2)23-16(20)6-7-18-17(21)13-4-3-5-15(8-13)22-9-14-10-24-11-19-14/h3-5,8,10-12H,6-7,9H2,1-2H3,(H,18,21). The molecule has 0 atom stereocenters. The molecule has 24 heavy (non-hydrogen) atoms. The van der Waals surface area contributed by atoms with Gasteiger partial charge in [0.1, 0.15) is 12.4 Å². The van der Waals surface area contributed by atoms with Gasteiger partial charge >= 0.3 is 5.97 Å². The lowest BCUT2D eigenvalue weighted by atomic mass is 10.2. The Bertz CT molecular complexity index is 671. The number of hydrogen-bond donors (Lipinski definition) is 1. The molecule has 1 heterocycles. The zero-order valence-electron chi connectivity index (χ0n) is 13.7. The number of benzene rings is 1. The van der Waals surface area contributed by atoms with Gasteiger partial charge in [-0.3, -0.25) is 9.59 Å². The largest absolute Gasteiger partial charge is 0.487 e. The van der Waals surface area contributed by atoms with E-state index in [4.69, 9.17) is 9.47 Å². The Morgan fingerprint density at radius 1 is 1.33 bits per heavy atom. The van der Waals surface area contributed by atoms with Gasteiger partial charge in [-0.1, -0.05) is 6.07 Å². The van der Waals surface area contributed by atoms with Crippen LogP contribution in [0.15, 0.2) is 35.2 Å². The van der Waals surface area contributed by atoms with Gasteiger partial charge in [-0.05, 0) is 32.0 Å². The Labute approximate surface area is 144 Å². The molecule has 128 valence electrons. The van der Waals surface area contributed by atoms with Gasteiger partial charge in [0.25, 0.3) is 5.91 Å². The lowest BCUT2D eigenvalue weighted by Crippen LogP contribution is -2.27. The smallest absolute Gasteiger partial charge is 0.307 e. The molecule has 0 saturated carbocycles. The normalized spacial score (nSPS) is 10.5. The van der Waals surface area contributed by atoms with Crippen LogP contribution in [0.25, 0.3) is 0 Å². The quantitative estimate of drug-likeness (QED) is 0.742. The topological polar surface area (TPSA) is 77.5 Å². The Hall–Kier alpha value is -2.41. The molecule has 0 fully saturated rings. The predicted octanol–water partition coefficient (Wildman–Crippen LogP) is 2.79. The maximum absolute atomic E-state index is 12.1. The van der Waals surface area contributed by atoms with Crippen molar-refractivity contribution in [2.75, 3.05) is 6.54 Å². The van der Waals surface area contributed by atoms with Crippen LogP contribution in [0.1, 0.15) is 36.3 Å². The van der Waals surface area contributed by atoms with Gasteiger partial charge in [-0.15, -0.1) is 11.3 Å². The number of ether oxygens (including phenoxy) is 2. The summed E-state index contributed by atoms with van der Waals surface area (Å²) in [5.41, 5.74) is 3.06. The van der Waals surface area contributed by atoms with Crippen molar-refractivity contribution in [3.05, 3.63) is 46.4 Å². The molecule has 1 aromatic heterocycles. The molecule has 1 aromatic carbocycles. The average Bonchev–Trinajstić information content (AvgIpc) is 3.06. The summed E-state index contributed by atoms with van der Waals surface area (Å²) in [6, 6.07) is 6.88.